The molecule has 2 heteroatoms. The molecule has 0 unspecified atom stereocenters. The van der Waals surface area contributed by atoms with Gasteiger partial charge in [-0.2, -0.15) is 0 Å². The molecule has 0 radical (unpaired) electrons. The van der Waals surface area contributed by atoms with E-state index in [1.165, 1.54) is 11.1 Å². The molecule has 0 aliphatic rings. The fourth-order valence-corrected chi connectivity index (χ4v) is 1.31. The van der Waals surface area contributed by atoms with Crippen molar-refractivity contribution >= 4 is 0 Å². The number of hydrogen-bond donors (Lipinski definition) is 1. The van der Waals surface area contributed by atoms with Gasteiger partial charge in [-0.05, 0) is 36.1 Å². The van der Waals surface area contributed by atoms with Crippen molar-refractivity contribution in [3.05, 3.63) is 29.3 Å². The van der Waals surface area contributed by atoms with Crippen molar-refractivity contribution in [2.75, 3.05) is 0 Å². The number of aromatic hydroxyl groups is 1. The third kappa shape index (κ3) is 2.75. The van der Waals surface area contributed by atoms with E-state index >= 15 is 0 Å². The molecule has 0 amide bonds. The predicted octanol–water partition coefficient (Wildman–Crippen LogP) is 2.82. The standard InChI is InChI=1S/C10H14O.Zr/c1-7(2)10-5-4-9(11)6-8(10)3;/h4-7,11H,1-3H3;. The van der Waals surface area contributed by atoms with Crippen molar-refractivity contribution in [3.63, 3.8) is 0 Å². The molecule has 0 saturated carbocycles. The second kappa shape index (κ2) is 4.81. The largest absolute Gasteiger partial charge is 0.508 e. The summed E-state index contributed by atoms with van der Waals surface area (Å²) in [6.45, 7) is 6.33. The van der Waals surface area contributed by atoms with E-state index in [9.17, 15) is 0 Å². The summed E-state index contributed by atoms with van der Waals surface area (Å²) in [5.74, 6) is 0.891. The normalized spacial score (nSPS) is 9.67. The maximum atomic E-state index is 9.12. The maximum Gasteiger partial charge on any atom is 0.115 e. The summed E-state index contributed by atoms with van der Waals surface area (Å²) in [7, 11) is 0. The Hall–Kier alpha value is -0.0969. The summed E-state index contributed by atoms with van der Waals surface area (Å²) in [6.07, 6.45) is 0. The average Bonchev–Trinajstić information content (AvgIpc) is 1.85. The van der Waals surface area contributed by atoms with Gasteiger partial charge in [0.25, 0.3) is 0 Å². The van der Waals surface area contributed by atoms with Crippen LogP contribution < -0.4 is 0 Å². The zero-order valence-corrected chi connectivity index (χ0v) is 10.2. The van der Waals surface area contributed by atoms with Crippen LogP contribution in [0.3, 0.4) is 0 Å². The molecule has 0 fully saturated rings. The molecular formula is C10H14OZr. The van der Waals surface area contributed by atoms with Crippen molar-refractivity contribution in [1.29, 1.82) is 0 Å². The molecule has 0 saturated heterocycles. The zero-order valence-electron chi connectivity index (χ0n) is 7.76. The molecule has 0 bridgehead atoms. The van der Waals surface area contributed by atoms with E-state index in [-0.39, 0.29) is 26.2 Å². The first-order valence-corrected chi connectivity index (χ1v) is 3.91. The Balaban J connectivity index is 0.00000121. The van der Waals surface area contributed by atoms with Gasteiger partial charge in [0.2, 0.25) is 0 Å². The van der Waals surface area contributed by atoms with E-state index in [4.69, 9.17) is 5.11 Å². The fraction of sp³-hybridized carbons (Fsp3) is 0.400. The van der Waals surface area contributed by atoms with Crippen molar-refractivity contribution in [1.82, 2.24) is 0 Å². The second-order valence-electron chi connectivity index (χ2n) is 3.20. The van der Waals surface area contributed by atoms with Crippen LogP contribution in [0.25, 0.3) is 0 Å². The summed E-state index contributed by atoms with van der Waals surface area (Å²) < 4.78 is 0. The second-order valence-corrected chi connectivity index (χ2v) is 3.20. The van der Waals surface area contributed by atoms with Gasteiger partial charge < -0.3 is 5.11 Å². The van der Waals surface area contributed by atoms with Gasteiger partial charge in [0.05, 0.1) is 0 Å². The molecular weight excluding hydrogens is 227 g/mol. The molecule has 1 nitrogen and oxygen atoms in total. The van der Waals surface area contributed by atoms with Gasteiger partial charge in [0.15, 0.2) is 0 Å². The first kappa shape index (κ1) is 11.9. The molecule has 0 heterocycles. The molecule has 0 aliphatic carbocycles. The van der Waals surface area contributed by atoms with Crippen LogP contribution in [0.2, 0.25) is 0 Å². The van der Waals surface area contributed by atoms with Crippen molar-refractivity contribution in [3.8, 4) is 5.75 Å². The molecule has 1 aromatic carbocycles. The molecule has 0 aliphatic heterocycles. The summed E-state index contributed by atoms with van der Waals surface area (Å²) in [4.78, 5) is 0. The molecule has 64 valence electrons. The summed E-state index contributed by atoms with van der Waals surface area (Å²) in [5.41, 5.74) is 2.47. The quantitative estimate of drug-likeness (QED) is 0.801. The zero-order chi connectivity index (χ0) is 8.43. The van der Waals surface area contributed by atoms with E-state index in [2.05, 4.69) is 13.8 Å². The van der Waals surface area contributed by atoms with Gasteiger partial charge in [-0.15, -0.1) is 0 Å². The topological polar surface area (TPSA) is 20.2 Å². The van der Waals surface area contributed by atoms with Gasteiger partial charge >= 0.3 is 0 Å². The summed E-state index contributed by atoms with van der Waals surface area (Å²) in [6, 6.07) is 5.52. The number of phenolic OH excluding ortho intramolecular Hbond substituents is 1. The van der Waals surface area contributed by atoms with Crippen molar-refractivity contribution in [2.45, 2.75) is 26.7 Å². The summed E-state index contributed by atoms with van der Waals surface area (Å²) >= 11 is 0. The molecule has 1 aromatic rings. The van der Waals surface area contributed by atoms with Crippen LogP contribution in [0.1, 0.15) is 30.9 Å². The Morgan fingerprint density at radius 3 is 2.25 bits per heavy atom. The fourth-order valence-electron chi connectivity index (χ4n) is 1.31. The molecule has 12 heavy (non-hydrogen) atoms. The minimum atomic E-state index is 0. The van der Waals surface area contributed by atoms with E-state index in [0.717, 1.165) is 0 Å². The molecule has 1 N–H and O–H groups in total. The van der Waals surface area contributed by atoms with Crippen LogP contribution in [-0.4, -0.2) is 5.11 Å². The Kier molecular flexibility index (Phi) is 4.78. The van der Waals surface area contributed by atoms with E-state index in [1.807, 2.05) is 13.0 Å². The Labute approximate surface area is 92.9 Å². The smallest absolute Gasteiger partial charge is 0.115 e. The molecule has 0 aromatic heterocycles. The third-order valence-corrected chi connectivity index (χ3v) is 1.88. The van der Waals surface area contributed by atoms with Crippen molar-refractivity contribution in [2.24, 2.45) is 0 Å². The first-order chi connectivity index (χ1) is 5.11. The van der Waals surface area contributed by atoms with E-state index in [0.29, 0.717) is 11.7 Å². The number of phenols is 1. The summed E-state index contributed by atoms with van der Waals surface area (Å²) in [5, 5.41) is 9.12. The number of hydrogen-bond acceptors (Lipinski definition) is 1. The van der Waals surface area contributed by atoms with Gasteiger partial charge in [-0.3, -0.25) is 0 Å². The SMILES string of the molecule is Cc1cc(O)ccc1C(C)C.[Zr]. The predicted molar refractivity (Wildman–Crippen MR) is 46.9 cm³/mol. The Morgan fingerprint density at radius 2 is 1.83 bits per heavy atom. The van der Waals surface area contributed by atoms with Gasteiger partial charge in [0, 0.05) is 26.2 Å². The van der Waals surface area contributed by atoms with Gasteiger partial charge in [0.1, 0.15) is 5.75 Å². The number of aryl methyl sites for hydroxylation is 1. The van der Waals surface area contributed by atoms with E-state index < -0.39 is 0 Å². The minimum absolute atomic E-state index is 0. The van der Waals surface area contributed by atoms with Crippen molar-refractivity contribution < 1.29 is 31.3 Å². The van der Waals surface area contributed by atoms with Crippen LogP contribution in [0.15, 0.2) is 18.2 Å². The molecule has 1 rings (SSSR count). The molecule has 0 spiro atoms. The van der Waals surface area contributed by atoms with Gasteiger partial charge in [-0.25, -0.2) is 0 Å². The van der Waals surface area contributed by atoms with E-state index in [1.54, 1.807) is 12.1 Å². The van der Waals surface area contributed by atoms with Crippen LogP contribution in [0, 0.1) is 6.92 Å². The minimum Gasteiger partial charge on any atom is -0.508 e. The number of rotatable bonds is 1. The van der Waals surface area contributed by atoms with Crippen LogP contribution in [-0.2, 0) is 26.2 Å². The van der Waals surface area contributed by atoms with Crippen LogP contribution >= 0.6 is 0 Å². The first-order valence-electron chi connectivity index (χ1n) is 3.91. The maximum absolute atomic E-state index is 9.12. The average molecular weight is 241 g/mol. The van der Waals surface area contributed by atoms with Gasteiger partial charge in [-0.1, -0.05) is 19.9 Å². The van der Waals surface area contributed by atoms with Crippen LogP contribution in [0.5, 0.6) is 5.75 Å². The molecule has 0 atom stereocenters. The Morgan fingerprint density at radius 1 is 1.25 bits per heavy atom. The van der Waals surface area contributed by atoms with Crippen LogP contribution in [0.4, 0.5) is 0 Å². The monoisotopic (exact) mass is 240 g/mol. The third-order valence-electron chi connectivity index (χ3n) is 1.88. The number of benzene rings is 1. The Bertz CT molecular complexity index is 256.